The van der Waals surface area contributed by atoms with Gasteiger partial charge in [0, 0.05) is 33.1 Å². The molecule has 0 radical (unpaired) electrons. The number of benzene rings is 1. The van der Waals surface area contributed by atoms with Crippen LogP contribution in [0.15, 0.2) is 34.3 Å². The second kappa shape index (κ2) is 8.62. The van der Waals surface area contributed by atoms with E-state index in [2.05, 4.69) is 20.1 Å². The molecule has 8 nitrogen and oxygen atoms in total. The molecule has 152 valence electrons. The molecule has 0 saturated heterocycles. The van der Waals surface area contributed by atoms with Gasteiger partial charge in [-0.2, -0.15) is 0 Å². The second-order valence-corrected chi connectivity index (χ2v) is 9.88. The Bertz CT molecular complexity index is 952. The lowest BCUT2D eigenvalue weighted by Gasteiger charge is -2.15. The highest BCUT2D eigenvalue weighted by atomic mass is 32.2. The van der Waals surface area contributed by atoms with Crippen molar-refractivity contribution in [3.63, 3.8) is 0 Å². The number of carbonyl (C=O) groups is 1. The van der Waals surface area contributed by atoms with Crippen molar-refractivity contribution in [3.8, 4) is 0 Å². The molecule has 1 aromatic heterocycles. The number of aromatic nitrogens is 3. The minimum absolute atomic E-state index is 0.149. The summed E-state index contributed by atoms with van der Waals surface area (Å²) >= 11 is 1.35. The van der Waals surface area contributed by atoms with Crippen molar-refractivity contribution in [3.05, 3.63) is 35.7 Å². The van der Waals surface area contributed by atoms with Crippen LogP contribution in [-0.2, 0) is 27.9 Å². The molecule has 0 unspecified atom stereocenters. The molecule has 1 aromatic carbocycles. The van der Waals surface area contributed by atoms with Gasteiger partial charge in [0.25, 0.3) is 0 Å². The zero-order chi connectivity index (χ0) is 20.3. The number of sulfonamides is 1. The summed E-state index contributed by atoms with van der Waals surface area (Å²) in [5.41, 5.74) is 0.558. The first-order valence-electron chi connectivity index (χ1n) is 9.17. The van der Waals surface area contributed by atoms with E-state index in [1.165, 1.54) is 30.2 Å². The molecule has 1 saturated carbocycles. The third-order valence-corrected chi connectivity index (χ3v) is 7.43. The normalized spacial score (nSPS) is 14.4. The number of hydrogen-bond acceptors (Lipinski definition) is 6. The predicted molar refractivity (Wildman–Crippen MR) is 108 cm³/mol. The van der Waals surface area contributed by atoms with Crippen molar-refractivity contribution in [2.45, 2.75) is 48.8 Å². The van der Waals surface area contributed by atoms with E-state index < -0.39 is 10.0 Å². The van der Waals surface area contributed by atoms with Crippen LogP contribution in [0.5, 0.6) is 0 Å². The predicted octanol–water partition coefficient (Wildman–Crippen LogP) is 1.83. The number of nitrogens with zero attached hydrogens (tertiary/aromatic N) is 4. The number of hydrogen-bond donors (Lipinski definition) is 1. The maximum Gasteiger partial charge on any atom is 0.242 e. The van der Waals surface area contributed by atoms with Gasteiger partial charge < -0.3 is 9.88 Å². The Balaban J connectivity index is 1.60. The monoisotopic (exact) mass is 423 g/mol. The minimum Gasteiger partial charge on any atom is -0.351 e. The van der Waals surface area contributed by atoms with Gasteiger partial charge in [-0.05, 0) is 31.4 Å². The average Bonchev–Trinajstić information content (AvgIpc) is 3.44. The molecule has 1 heterocycles. The second-order valence-electron chi connectivity index (χ2n) is 6.82. The molecule has 2 aromatic rings. The van der Waals surface area contributed by atoms with Crippen molar-refractivity contribution in [1.82, 2.24) is 24.4 Å². The van der Waals surface area contributed by atoms with E-state index in [4.69, 9.17) is 0 Å². The smallest absolute Gasteiger partial charge is 0.242 e. The summed E-state index contributed by atoms with van der Waals surface area (Å²) in [5.74, 6) is 1.53. The molecule has 1 aliphatic carbocycles. The van der Waals surface area contributed by atoms with Gasteiger partial charge in [0.05, 0.1) is 10.6 Å². The lowest BCUT2D eigenvalue weighted by Crippen LogP contribution is -2.28. The van der Waals surface area contributed by atoms with Crippen LogP contribution in [0.3, 0.4) is 0 Å². The summed E-state index contributed by atoms with van der Waals surface area (Å²) in [4.78, 5) is 12.5. The van der Waals surface area contributed by atoms with Gasteiger partial charge in [0.2, 0.25) is 15.9 Å². The fourth-order valence-corrected chi connectivity index (χ4v) is 4.78. The molecule has 10 heteroatoms. The van der Waals surface area contributed by atoms with Gasteiger partial charge in [0.15, 0.2) is 5.16 Å². The van der Waals surface area contributed by atoms with E-state index in [0.29, 0.717) is 11.5 Å². The summed E-state index contributed by atoms with van der Waals surface area (Å²) < 4.78 is 28.1. The summed E-state index contributed by atoms with van der Waals surface area (Å²) in [6.45, 7) is 2.97. The van der Waals surface area contributed by atoms with E-state index in [9.17, 15) is 13.2 Å². The highest BCUT2D eigenvalue weighted by molar-refractivity contribution is 7.99. The number of amides is 1. The maximum absolute atomic E-state index is 12.4. The van der Waals surface area contributed by atoms with E-state index in [0.717, 1.165) is 30.4 Å². The van der Waals surface area contributed by atoms with Gasteiger partial charge in [-0.3, -0.25) is 4.79 Å². The van der Waals surface area contributed by atoms with E-state index >= 15 is 0 Å². The van der Waals surface area contributed by atoms with E-state index in [1.807, 2.05) is 6.92 Å². The molecule has 1 N–H and O–H groups in total. The molecule has 1 amide bonds. The molecule has 0 spiro atoms. The highest BCUT2D eigenvalue weighted by Crippen LogP contribution is 2.39. The van der Waals surface area contributed by atoms with Crippen LogP contribution < -0.4 is 5.32 Å². The largest absolute Gasteiger partial charge is 0.351 e. The van der Waals surface area contributed by atoms with Crippen molar-refractivity contribution < 1.29 is 13.2 Å². The third kappa shape index (κ3) is 4.56. The van der Waals surface area contributed by atoms with E-state index in [1.54, 1.807) is 24.3 Å². The summed E-state index contributed by atoms with van der Waals surface area (Å²) in [7, 11) is -0.590. The van der Waals surface area contributed by atoms with Crippen molar-refractivity contribution in [2.24, 2.45) is 0 Å². The van der Waals surface area contributed by atoms with Crippen LogP contribution in [-0.4, -0.2) is 53.2 Å². The van der Waals surface area contributed by atoms with Crippen molar-refractivity contribution in [1.29, 1.82) is 0 Å². The van der Waals surface area contributed by atoms with Crippen molar-refractivity contribution in [2.75, 3.05) is 19.8 Å². The number of nitrogens with one attached hydrogen (secondary N) is 1. The number of rotatable bonds is 9. The van der Waals surface area contributed by atoms with E-state index in [-0.39, 0.29) is 23.1 Å². The molecule has 0 bridgehead atoms. The number of carbonyl (C=O) groups excluding carboxylic acids is 1. The Hall–Kier alpha value is -1.91. The zero-order valence-corrected chi connectivity index (χ0v) is 17.9. The molecule has 1 fully saturated rings. The Morgan fingerprint density at radius 2 is 2.00 bits per heavy atom. The van der Waals surface area contributed by atoms with Gasteiger partial charge in [-0.15, -0.1) is 10.2 Å². The van der Waals surface area contributed by atoms with Crippen LogP contribution in [0.4, 0.5) is 0 Å². The third-order valence-electron chi connectivity index (χ3n) is 4.54. The zero-order valence-electron chi connectivity index (χ0n) is 16.3. The Labute approximate surface area is 169 Å². The average molecular weight is 424 g/mol. The lowest BCUT2D eigenvalue weighted by molar-refractivity contribution is -0.118. The van der Waals surface area contributed by atoms with Gasteiger partial charge >= 0.3 is 0 Å². The maximum atomic E-state index is 12.4. The molecule has 1 aliphatic rings. The molecular weight excluding hydrogens is 398 g/mol. The van der Waals surface area contributed by atoms with Gasteiger partial charge in [0.1, 0.15) is 5.82 Å². The van der Waals surface area contributed by atoms with Crippen LogP contribution in [0.25, 0.3) is 0 Å². The molecule has 0 atom stereocenters. The minimum atomic E-state index is -3.56. The quantitative estimate of drug-likeness (QED) is 0.618. The SMILES string of the molecule is CCn1c(SCC(=O)NCc2ccccc2S(=O)(=O)N(C)C)nnc1C1CC1. The first-order chi connectivity index (χ1) is 13.3. The lowest BCUT2D eigenvalue weighted by atomic mass is 10.2. The van der Waals surface area contributed by atoms with Gasteiger partial charge in [-0.25, -0.2) is 12.7 Å². The molecule has 0 aliphatic heterocycles. The topological polar surface area (TPSA) is 97.2 Å². The molecular formula is C18H25N5O3S2. The molecule has 3 rings (SSSR count). The van der Waals surface area contributed by atoms with Crippen molar-refractivity contribution >= 4 is 27.7 Å². The Morgan fingerprint density at radius 3 is 2.64 bits per heavy atom. The fourth-order valence-electron chi connectivity index (χ4n) is 2.82. The highest BCUT2D eigenvalue weighted by Gasteiger charge is 2.30. The number of thioether (sulfide) groups is 1. The Morgan fingerprint density at radius 1 is 1.29 bits per heavy atom. The first-order valence-corrected chi connectivity index (χ1v) is 11.6. The van der Waals surface area contributed by atoms with Gasteiger partial charge in [-0.1, -0.05) is 30.0 Å². The summed E-state index contributed by atoms with van der Waals surface area (Å²) in [6.07, 6.45) is 2.30. The summed E-state index contributed by atoms with van der Waals surface area (Å²) in [5, 5.41) is 12.0. The molecule has 28 heavy (non-hydrogen) atoms. The Kier molecular flexibility index (Phi) is 6.41. The van der Waals surface area contributed by atoms with Crippen LogP contribution >= 0.6 is 11.8 Å². The van der Waals surface area contributed by atoms with Crippen LogP contribution in [0.1, 0.15) is 37.1 Å². The van der Waals surface area contributed by atoms with Crippen LogP contribution in [0, 0.1) is 0 Å². The summed E-state index contributed by atoms with van der Waals surface area (Å²) in [6, 6.07) is 6.69. The first kappa shape index (κ1) is 20.8. The van der Waals surface area contributed by atoms with Crippen LogP contribution in [0.2, 0.25) is 0 Å². The fraction of sp³-hybridized carbons (Fsp3) is 0.500. The standard InChI is InChI=1S/C18H25N5O3S2/c1-4-23-17(13-9-10-13)20-21-18(23)27-12-16(24)19-11-14-7-5-6-8-15(14)28(25,26)22(2)3/h5-8,13H,4,9-12H2,1-3H3,(H,19,24).